The Morgan fingerprint density at radius 1 is 1.18 bits per heavy atom. The van der Waals surface area contributed by atoms with E-state index < -0.39 is 16.0 Å². The monoisotopic (exact) mass is 252 g/mol. The lowest BCUT2D eigenvalue weighted by Gasteiger charge is -2.11. The molecule has 3 heteroatoms. The fourth-order valence-corrected chi connectivity index (χ4v) is 2.82. The fraction of sp³-hybridized carbons (Fsp3) is 0.500. The lowest BCUT2D eigenvalue weighted by Crippen LogP contribution is -2.21. The SMILES string of the molecule is CCC(=O)C(C)S(=O)c1ccc(C(C)C)cc1. The highest BCUT2D eigenvalue weighted by Crippen LogP contribution is 2.18. The summed E-state index contributed by atoms with van der Waals surface area (Å²) >= 11 is 0. The first kappa shape index (κ1) is 14.1. The van der Waals surface area contributed by atoms with Crippen LogP contribution < -0.4 is 0 Å². The molecule has 94 valence electrons. The smallest absolute Gasteiger partial charge is 0.148 e. The number of hydrogen-bond acceptors (Lipinski definition) is 2. The molecule has 0 spiro atoms. The molecule has 0 bridgehead atoms. The van der Waals surface area contributed by atoms with Gasteiger partial charge >= 0.3 is 0 Å². The molecule has 0 fully saturated rings. The Hall–Kier alpha value is -0.960. The molecule has 1 rings (SSSR count). The maximum Gasteiger partial charge on any atom is 0.148 e. The minimum absolute atomic E-state index is 0.0521. The summed E-state index contributed by atoms with van der Waals surface area (Å²) in [6.07, 6.45) is 0.441. The zero-order chi connectivity index (χ0) is 13.0. The average Bonchev–Trinajstić information content (AvgIpc) is 2.36. The van der Waals surface area contributed by atoms with Crippen molar-refractivity contribution in [1.82, 2.24) is 0 Å². The molecule has 0 aliphatic heterocycles. The predicted octanol–water partition coefficient (Wildman–Crippen LogP) is 3.29. The first-order chi connectivity index (χ1) is 7.97. The van der Waals surface area contributed by atoms with Crippen LogP contribution in [0.1, 0.15) is 45.6 Å². The van der Waals surface area contributed by atoms with Crippen LogP contribution in [0.25, 0.3) is 0 Å². The van der Waals surface area contributed by atoms with Crippen molar-refractivity contribution in [3.05, 3.63) is 29.8 Å². The quantitative estimate of drug-likeness (QED) is 0.806. The molecule has 0 N–H and O–H groups in total. The molecule has 0 aliphatic carbocycles. The van der Waals surface area contributed by atoms with E-state index in [4.69, 9.17) is 0 Å². The summed E-state index contributed by atoms with van der Waals surface area (Å²) in [6.45, 7) is 7.78. The van der Waals surface area contributed by atoms with Crippen molar-refractivity contribution in [3.63, 3.8) is 0 Å². The molecule has 0 saturated heterocycles. The van der Waals surface area contributed by atoms with E-state index in [2.05, 4.69) is 13.8 Å². The van der Waals surface area contributed by atoms with Gasteiger partial charge in [-0.3, -0.25) is 9.00 Å². The second-order valence-electron chi connectivity index (χ2n) is 4.48. The molecule has 0 radical (unpaired) electrons. The van der Waals surface area contributed by atoms with Gasteiger partial charge in [-0.25, -0.2) is 0 Å². The van der Waals surface area contributed by atoms with E-state index in [1.807, 2.05) is 24.3 Å². The maximum absolute atomic E-state index is 12.1. The van der Waals surface area contributed by atoms with Crippen molar-refractivity contribution in [2.45, 2.75) is 50.2 Å². The number of hydrogen-bond donors (Lipinski definition) is 0. The predicted molar refractivity (Wildman–Crippen MR) is 71.7 cm³/mol. The molecule has 17 heavy (non-hydrogen) atoms. The third-order valence-corrected chi connectivity index (χ3v) is 4.54. The van der Waals surface area contributed by atoms with Crippen LogP contribution >= 0.6 is 0 Å². The zero-order valence-electron chi connectivity index (χ0n) is 10.9. The number of carbonyl (C=O) groups excluding carboxylic acids is 1. The minimum Gasteiger partial charge on any atom is -0.298 e. The zero-order valence-corrected chi connectivity index (χ0v) is 11.7. The van der Waals surface area contributed by atoms with E-state index in [0.29, 0.717) is 12.3 Å². The van der Waals surface area contributed by atoms with E-state index >= 15 is 0 Å². The van der Waals surface area contributed by atoms with Crippen LogP contribution in [0, 0.1) is 0 Å². The molecule has 0 aromatic heterocycles. The fourth-order valence-electron chi connectivity index (χ4n) is 1.60. The summed E-state index contributed by atoms with van der Waals surface area (Å²) in [5, 5.41) is -0.412. The summed E-state index contributed by atoms with van der Waals surface area (Å²) in [5.74, 6) is 0.517. The molecular weight excluding hydrogens is 232 g/mol. The first-order valence-corrected chi connectivity index (χ1v) is 7.22. The Labute approximate surface area is 106 Å². The highest BCUT2D eigenvalue weighted by Gasteiger charge is 2.19. The van der Waals surface area contributed by atoms with Crippen LogP contribution in [0.3, 0.4) is 0 Å². The van der Waals surface area contributed by atoms with Crippen LogP contribution in [0.5, 0.6) is 0 Å². The molecule has 0 aliphatic rings. The maximum atomic E-state index is 12.1. The van der Waals surface area contributed by atoms with Crippen LogP contribution in [0.2, 0.25) is 0 Å². The van der Waals surface area contributed by atoms with E-state index in [-0.39, 0.29) is 5.78 Å². The highest BCUT2D eigenvalue weighted by molar-refractivity contribution is 7.86. The lowest BCUT2D eigenvalue weighted by atomic mass is 10.0. The van der Waals surface area contributed by atoms with Gasteiger partial charge in [0.05, 0.1) is 16.0 Å². The van der Waals surface area contributed by atoms with Crippen molar-refractivity contribution in [2.75, 3.05) is 0 Å². The molecule has 1 aromatic carbocycles. The average molecular weight is 252 g/mol. The number of Topliss-reactive ketones (excluding diaryl/α,β-unsaturated/α-hetero) is 1. The Morgan fingerprint density at radius 3 is 2.12 bits per heavy atom. The number of ketones is 1. The van der Waals surface area contributed by atoms with Crippen LogP contribution in [0.15, 0.2) is 29.2 Å². The van der Waals surface area contributed by atoms with Gasteiger partial charge in [0.1, 0.15) is 5.78 Å². The van der Waals surface area contributed by atoms with Crippen LogP contribution in [0.4, 0.5) is 0 Å². The number of carbonyl (C=O) groups is 1. The lowest BCUT2D eigenvalue weighted by molar-refractivity contribution is -0.118. The van der Waals surface area contributed by atoms with Gasteiger partial charge in [-0.1, -0.05) is 32.9 Å². The summed E-state index contributed by atoms with van der Waals surface area (Å²) in [5.41, 5.74) is 1.22. The van der Waals surface area contributed by atoms with Crippen molar-refractivity contribution in [1.29, 1.82) is 0 Å². The summed E-state index contributed by atoms with van der Waals surface area (Å²) in [6, 6.07) is 7.71. The largest absolute Gasteiger partial charge is 0.298 e. The summed E-state index contributed by atoms with van der Waals surface area (Å²) in [7, 11) is -1.23. The van der Waals surface area contributed by atoms with E-state index in [0.717, 1.165) is 4.90 Å². The van der Waals surface area contributed by atoms with Gasteiger partial charge in [-0.15, -0.1) is 0 Å². The second kappa shape index (κ2) is 6.10. The molecule has 2 atom stereocenters. The second-order valence-corrected chi connectivity index (χ2v) is 6.26. The van der Waals surface area contributed by atoms with Gasteiger partial charge in [0.2, 0.25) is 0 Å². The minimum atomic E-state index is -1.23. The van der Waals surface area contributed by atoms with Gasteiger partial charge in [0.15, 0.2) is 0 Å². The molecular formula is C14H20O2S. The van der Waals surface area contributed by atoms with Gasteiger partial charge in [-0.2, -0.15) is 0 Å². The van der Waals surface area contributed by atoms with Crippen LogP contribution in [-0.4, -0.2) is 15.2 Å². The molecule has 0 saturated carbocycles. The van der Waals surface area contributed by atoms with Crippen molar-refractivity contribution in [2.24, 2.45) is 0 Å². The molecule has 2 nitrogen and oxygen atoms in total. The Bertz CT molecular complexity index is 407. The van der Waals surface area contributed by atoms with Crippen molar-refractivity contribution < 1.29 is 9.00 Å². The van der Waals surface area contributed by atoms with E-state index in [1.165, 1.54) is 5.56 Å². The number of benzene rings is 1. The van der Waals surface area contributed by atoms with Gasteiger partial charge < -0.3 is 0 Å². The van der Waals surface area contributed by atoms with Gasteiger partial charge in [-0.05, 0) is 30.5 Å². The topological polar surface area (TPSA) is 34.1 Å². The first-order valence-electron chi connectivity index (χ1n) is 6.00. The number of rotatable bonds is 5. The van der Waals surface area contributed by atoms with Crippen molar-refractivity contribution in [3.8, 4) is 0 Å². The normalized spacial score (nSPS) is 14.6. The highest BCUT2D eigenvalue weighted by atomic mass is 32.2. The molecule has 0 heterocycles. The standard InChI is InChI=1S/C14H20O2S/c1-5-14(15)11(4)17(16)13-8-6-12(7-9-13)10(2)3/h6-11H,5H2,1-4H3. The summed E-state index contributed by atoms with van der Waals surface area (Å²) in [4.78, 5) is 12.2. The van der Waals surface area contributed by atoms with E-state index in [9.17, 15) is 9.00 Å². The van der Waals surface area contributed by atoms with E-state index in [1.54, 1.807) is 13.8 Å². The molecule has 0 amide bonds. The van der Waals surface area contributed by atoms with Gasteiger partial charge in [0.25, 0.3) is 0 Å². The van der Waals surface area contributed by atoms with Crippen LogP contribution in [-0.2, 0) is 15.6 Å². The Kier molecular flexibility index (Phi) is 5.06. The summed E-state index contributed by atoms with van der Waals surface area (Å²) < 4.78 is 12.1. The van der Waals surface area contributed by atoms with Crippen molar-refractivity contribution >= 4 is 16.6 Å². The molecule has 1 aromatic rings. The Balaban J connectivity index is 2.86. The third kappa shape index (κ3) is 3.50. The third-order valence-electron chi connectivity index (χ3n) is 2.90. The Morgan fingerprint density at radius 2 is 1.71 bits per heavy atom. The molecule has 2 unspecified atom stereocenters. The van der Waals surface area contributed by atoms with Gasteiger partial charge in [0, 0.05) is 11.3 Å².